The van der Waals surface area contributed by atoms with E-state index in [1.807, 2.05) is 0 Å². The molecule has 0 spiro atoms. The van der Waals surface area contributed by atoms with Crippen molar-refractivity contribution in [3.05, 3.63) is 12.7 Å². The van der Waals surface area contributed by atoms with Crippen molar-refractivity contribution in [2.45, 2.75) is 19.0 Å². The molecule has 1 aromatic heterocycles. The van der Waals surface area contributed by atoms with Gasteiger partial charge in [-0.25, -0.2) is 4.98 Å². The minimum atomic E-state index is -0.554. The molecule has 1 saturated heterocycles. The summed E-state index contributed by atoms with van der Waals surface area (Å²) < 4.78 is 1.58. The Balaban J connectivity index is 1.92. The number of primary amides is 1. The molecule has 1 aliphatic rings. The van der Waals surface area contributed by atoms with E-state index < -0.39 is 11.9 Å². The summed E-state index contributed by atoms with van der Waals surface area (Å²) in [4.78, 5) is 28.6. The molecule has 8 heteroatoms. The topological polar surface area (TPSA) is 106 Å². The number of hydrogen-bond donors (Lipinski definition) is 2. The molecule has 0 aliphatic carbocycles. The van der Waals surface area contributed by atoms with E-state index in [0.29, 0.717) is 26.2 Å². The summed E-state index contributed by atoms with van der Waals surface area (Å²) >= 11 is 0. The molecule has 2 rings (SSSR count). The van der Waals surface area contributed by atoms with Crippen LogP contribution < -0.4 is 11.1 Å². The fourth-order valence-corrected chi connectivity index (χ4v) is 1.96. The van der Waals surface area contributed by atoms with Gasteiger partial charge in [-0.15, -0.1) is 0 Å². The van der Waals surface area contributed by atoms with Crippen molar-refractivity contribution >= 4 is 11.8 Å². The van der Waals surface area contributed by atoms with Gasteiger partial charge in [0.1, 0.15) is 18.7 Å². The van der Waals surface area contributed by atoms with Crippen LogP contribution in [0.15, 0.2) is 12.7 Å². The highest BCUT2D eigenvalue weighted by Crippen LogP contribution is 2.06. The average molecular weight is 252 g/mol. The Morgan fingerprint density at radius 1 is 1.50 bits per heavy atom. The fourth-order valence-electron chi connectivity index (χ4n) is 1.96. The molecule has 0 radical (unpaired) electrons. The van der Waals surface area contributed by atoms with Crippen molar-refractivity contribution in [3.63, 3.8) is 0 Å². The van der Waals surface area contributed by atoms with E-state index in [4.69, 9.17) is 5.73 Å². The molecule has 8 nitrogen and oxygen atoms in total. The first-order chi connectivity index (χ1) is 8.68. The highest BCUT2D eigenvalue weighted by atomic mass is 16.2. The molecular weight excluding hydrogens is 236 g/mol. The van der Waals surface area contributed by atoms with Crippen LogP contribution in [0.1, 0.15) is 6.42 Å². The molecule has 0 bridgehead atoms. The number of carbonyl (C=O) groups is 2. The van der Waals surface area contributed by atoms with Gasteiger partial charge >= 0.3 is 0 Å². The number of aryl methyl sites for hydroxylation is 1. The Hall–Kier alpha value is -1.96. The van der Waals surface area contributed by atoms with Gasteiger partial charge in [0.25, 0.3) is 0 Å². The van der Waals surface area contributed by atoms with E-state index in [9.17, 15) is 9.59 Å². The third-order valence-electron chi connectivity index (χ3n) is 2.91. The zero-order valence-corrected chi connectivity index (χ0v) is 9.95. The lowest BCUT2D eigenvalue weighted by molar-refractivity contribution is -0.140. The van der Waals surface area contributed by atoms with Crippen molar-refractivity contribution < 1.29 is 9.59 Å². The molecule has 18 heavy (non-hydrogen) atoms. The Bertz CT molecular complexity index is 418. The van der Waals surface area contributed by atoms with E-state index in [0.717, 1.165) is 0 Å². The quantitative estimate of drug-likeness (QED) is 0.641. The zero-order chi connectivity index (χ0) is 13.0. The molecule has 0 saturated carbocycles. The zero-order valence-electron chi connectivity index (χ0n) is 9.95. The summed E-state index contributed by atoms with van der Waals surface area (Å²) in [7, 11) is 0. The van der Waals surface area contributed by atoms with Crippen LogP contribution in [-0.2, 0) is 16.1 Å². The minimum absolute atomic E-state index is 0.0872. The van der Waals surface area contributed by atoms with Crippen LogP contribution in [0.5, 0.6) is 0 Å². The predicted molar refractivity (Wildman–Crippen MR) is 62.2 cm³/mol. The Labute approximate surface area is 104 Å². The second kappa shape index (κ2) is 5.58. The van der Waals surface area contributed by atoms with Crippen molar-refractivity contribution in [3.8, 4) is 0 Å². The lowest BCUT2D eigenvalue weighted by atomic mass is 10.1. The average Bonchev–Trinajstić information content (AvgIpc) is 2.89. The van der Waals surface area contributed by atoms with Crippen LogP contribution in [0.4, 0.5) is 0 Å². The summed E-state index contributed by atoms with van der Waals surface area (Å²) in [6, 6.07) is -0.554. The number of nitrogens with two attached hydrogens (primary N) is 1. The summed E-state index contributed by atoms with van der Waals surface area (Å²) in [5.74, 6) is -0.563. The molecule has 1 atom stereocenters. The number of nitrogens with zero attached hydrogens (tertiary/aromatic N) is 4. The van der Waals surface area contributed by atoms with Gasteiger partial charge in [0.2, 0.25) is 11.8 Å². The standard InChI is InChI=1S/C10H16N6O2/c11-10(18)8-5-12-2-4-16(8)9(17)1-3-15-7-13-6-14-15/h6-8,12H,1-5H2,(H2,11,18). The summed E-state index contributed by atoms with van der Waals surface area (Å²) in [5.41, 5.74) is 5.29. The Morgan fingerprint density at radius 2 is 2.33 bits per heavy atom. The van der Waals surface area contributed by atoms with E-state index in [2.05, 4.69) is 15.4 Å². The van der Waals surface area contributed by atoms with E-state index in [-0.39, 0.29) is 12.3 Å². The number of aromatic nitrogens is 3. The number of carbonyl (C=O) groups excluding carboxylic acids is 2. The lowest BCUT2D eigenvalue weighted by Gasteiger charge is -2.34. The van der Waals surface area contributed by atoms with E-state index in [1.165, 1.54) is 11.2 Å². The first-order valence-corrected chi connectivity index (χ1v) is 5.80. The second-order valence-electron chi connectivity index (χ2n) is 4.12. The van der Waals surface area contributed by atoms with Gasteiger partial charge in [-0.3, -0.25) is 14.3 Å². The Kier molecular flexibility index (Phi) is 3.88. The molecule has 1 aliphatic heterocycles. The van der Waals surface area contributed by atoms with Crippen LogP contribution in [0.2, 0.25) is 0 Å². The number of nitrogens with one attached hydrogen (secondary N) is 1. The highest BCUT2D eigenvalue weighted by Gasteiger charge is 2.30. The first-order valence-electron chi connectivity index (χ1n) is 5.80. The molecular formula is C10H16N6O2. The third kappa shape index (κ3) is 2.83. The van der Waals surface area contributed by atoms with Crippen LogP contribution in [-0.4, -0.2) is 57.2 Å². The van der Waals surface area contributed by atoms with Crippen LogP contribution in [0, 0.1) is 0 Å². The van der Waals surface area contributed by atoms with E-state index in [1.54, 1.807) is 11.0 Å². The van der Waals surface area contributed by atoms with Crippen molar-refractivity contribution in [1.29, 1.82) is 0 Å². The predicted octanol–water partition coefficient (Wildman–Crippen LogP) is -2.05. The molecule has 98 valence electrons. The number of rotatable bonds is 4. The van der Waals surface area contributed by atoms with Crippen molar-refractivity contribution in [2.24, 2.45) is 5.73 Å². The number of hydrogen-bond acceptors (Lipinski definition) is 5. The third-order valence-corrected chi connectivity index (χ3v) is 2.91. The second-order valence-corrected chi connectivity index (χ2v) is 4.12. The summed E-state index contributed by atoms with van der Waals surface area (Å²) in [6.07, 6.45) is 3.26. The van der Waals surface area contributed by atoms with Gasteiger partial charge in [0.05, 0.1) is 6.54 Å². The maximum atomic E-state index is 12.0. The molecule has 1 aromatic rings. The first kappa shape index (κ1) is 12.5. The fraction of sp³-hybridized carbons (Fsp3) is 0.600. The van der Waals surface area contributed by atoms with Gasteiger partial charge in [0, 0.05) is 26.1 Å². The van der Waals surface area contributed by atoms with E-state index >= 15 is 0 Å². The molecule has 2 amide bonds. The van der Waals surface area contributed by atoms with Gasteiger partial charge in [-0.1, -0.05) is 0 Å². The van der Waals surface area contributed by atoms with Gasteiger partial charge in [0.15, 0.2) is 0 Å². The van der Waals surface area contributed by atoms with Gasteiger partial charge < -0.3 is 16.0 Å². The largest absolute Gasteiger partial charge is 0.368 e. The lowest BCUT2D eigenvalue weighted by Crippen LogP contribution is -2.58. The molecule has 2 heterocycles. The molecule has 3 N–H and O–H groups in total. The molecule has 0 aromatic carbocycles. The maximum absolute atomic E-state index is 12.0. The monoisotopic (exact) mass is 252 g/mol. The van der Waals surface area contributed by atoms with Gasteiger partial charge in [-0.2, -0.15) is 5.10 Å². The number of amides is 2. The Morgan fingerprint density at radius 3 is 3.00 bits per heavy atom. The van der Waals surface area contributed by atoms with Crippen LogP contribution >= 0.6 is 0 Å². The highest BCUT2D eigenvalue weighted by molar-refractivity contribution is 5.87. The SMILES string of the molecule is NC(=O)C1CNCCN1C(=O)CCn1cncn1. The van der Waals surface area contributed by atoms with Crippen LogP contribution in [0.25, 0.3) is 0 Å². The smallest absolute Gasteiger partial charge is 0.241 e. The summed E-state index contributed by atoms with van der Waals surface area (Å²) in [5, 5.41) is 6.97. The minimum Gasteiger partial charge on any atom is -0.368 e. The molecule has 1 unspecified atom stereocenters. The normalized spacial score (nSPS) is 19.8. The van der Waals surface area contributed by atoms with Crippen molar-refractivity contribution in [1.82, 2.24) is 25.0 Å². The summed E-state index contributed by atoms with van der Waals surface area (Å²) in [6.45, 7) is 2.06. The van der Waals surface area contributed by atoms with Crippen molar-refractivity contribution in [2.75, 3.05) is 19.6 Å². The number of piperazine rings is 1. The van der Waals surface area contributed by atoms with Crippen LogP contribution in [0.3, 0.4) is 0 Å². The molecule has 1 fully saturated rings. The maximum Gasteiger partial charge on any atom is 0.241 e. The van der Waals surface area contributed by atoms with Gasteiger partial charge in [-0.05, 0) is 0 Å².